The number of aryl methyl sites for hydroxylation is 2. The van der Waals surface area contributed by atoms with Crippen LogP contribution in [0.15, 0.2) is 48.5 Å². The third-order valence-electron chi connectivity index (χ3n) is 5.36. The summed E-state index contributed by atoms with van der Waals surface area (Å²) in [4.78, 5) is 0. The first-order valence-electron chi connectivity index (χ1n) is 8.01. The molecule has 21 heavy (non-hydrogen) atoms. The molecular weight excluding hydrogens is 276 g/mol. The molecule has 2 aromatic rings. The molecule has 1 saturated carbocycles. The van der Waals surface area contributed by atoms with Gasteiger partial charge in [-0.05, 0) is 60.6 Å². The van der Waals surface area contributed by atoms with Crippen LogP contribution in [0.25, 0.3) is 0 Å². The molecule has 0 amide bonds. The topological polar surface area (TPSA) is 0 Å². The van der Waals surface area contributed by atoms with Gasteiger partial charge in [-0.2, -0.15) is 0 Å². The first-order chi connectivity index (χ1) is 10.2. The van der Waals surface area contributed by atoms with Crippen LogP contribution in [0.5, 0.6) is 0 Å². The lowest BCUT2D eigenvalue weighted by atomic mass is 9.92. The van der Waals surface area contributed by atoms with Crippen LogP contribution in [0.2, 0.25) is 0 Å². The Labute approximate surface area is 132 Å². The van der Waals surface area contributed by atoms with Crippen LogP contribution < -0.4 is 0 Å². The molecule has 0 aromatic heterocycles. The highest BCUT2D eigenvalue weighted by Gasteiger charge is 2.55. The first kappa shape index (κ1) is 13.4. The molecule has 0 aliphatic heterocycles. The Balaban J connectivity index is 1.50. The van der Waals surface area contributed by atoms with E-state index in [4.69, 9.17) is 11.6 Å². The molecule has 1 heteroatoms. The predicted octanol–water partition coefficient (Wildman–Crippen LogP) is 5.12. The van der Waals surface area contributed by atoms with E-state index >= 15 is 0 Å². The minimum absolute atomic E-state index is 0.272. The van der Waals surface area contributed by atoms with E-state index in [9.17, 15) is 0 Å². The van der Waals surface area contributed by atoms with Gasteiger partial charge in [0.05, 0.1) is 0 Å². The zero-order valence-electron chi connectivity index (χ0n) is 12.4. The predicted molar refractivity (Wildman–Crippen MR) is 89.0 cm³/mol. The monoisotopic (exact) mass is 296 g/mol. The summed E-state index contributed by atoms with van der Waals surface area (Å²) in [6, 6.07) is 17.8. The Bertz CT molecular complexity index is 643. The molecule has 0 nitrogen and oxygen atoms in total. The van der Waals surface area contributed by atoms with Crippen LogP contribution in [-0.4, -0.2) is 5.38 Å². The third kappa shape index (κ3) is 2.40. The Hall–Kier alpha value is -1.27. The van der Waals surface area contributed by atoms with Crippen molar-refractivity contribution < 1.29 is 0 Å². The quantitative estimate of drug-likeness (QED) is 0.690. The van der Waals surface area contributed by atoms with Crippen molar-refractivity contribution >= 4 is 11.6 Å². The van der Waals surface area contributed by atoms with E-state index in [1.54, 1.807) is 11.1 Å². The SMILES string of the molecule is Cc1ccc(CC(Cl)C2C3CCc4ccccc4C32)cc1. The van der Waals surface area contributed by atoms with E-state index in [2.05, 4.69) is 55.5 Å². The van der Waals surface area contributed by atoms with Crippen molar-refractivity contribution in [2.45, 2.75) is 37.5 Å². The van der Waals surface area contributed by atoms with Crippen molar-refractivity contribution in [3.05, 3.63) is 70.8 Å². The van der Waals surface area contributed by atoms with E-state index in [0.29, 0.717) is 5.92 Å². The largest absolute Gasteiger partial charge is 0.122 e. The maximum Gasteiger partial charge on any atom is 0.0413 e. The summed E-state index contributed by atoms with van der Waals surface area (Å²) in [5.41, 5.74) is 5.82. The number of halogens is 1. The van der Waals surface area contributed by atoms with Crippen LogP contribution in [0, 0.1) is 18.8 Å². The van der Waals surface area contributed by atoms with Gasteiger partial charge in [0.1, 0.15) is 0 Å². The summed E-state index contributed by atoms with van der Waals surface area (Å²) in [5.74, 6) is 2.23. The Morgan fingerprint density at radius 3 is 2.67 bits per heavy atom. The summed E-state index contributed by atoms with van der Waals surface area (Å²) >= 11 is 6.79. The van der Waals surface area contributed by atoms with Crippen LogP contribution in [-0.2, 0) is 12.8 Å². The van der Waals surface area contributed by atoms with Crippen molar-refractivity contribution in [2.24, 2.45) is 11.8 Å². The van der Waals surface area contributed by atoms with Crippen molar-refractivity contribution in [1.82, 2.24) is 0 Å². The van der Waals surface area contributed by atoms with Crippen LogP contribution in [0.4, 0.5) is 0 Å². The second-order valence-electron chi connectivity index (χ2n) is 6.71. The van der Waals surface area contributed by atoms with Gasteiger partial charge in [0.15, 0.2) is 0 Å². The van der Waals surface area contributed by atoms with E-state index in [0.717, 1.165) is 18.3 Å². The molecule has 0 spiro atoms. The van der Waals surface area contributed by atoms with E-state index in [1.807, 2.05) is 0 Å². The average molecular weight is 297 g/mol. The van der Waals surface area contributed by atoms with Crippen molar-refractivity contribution in [3.8, 4) is 0 Å². The molecule has 0 bridgehead atoms. The normalized spacial score (nSPS) is 27.6. The maximum absolute atomic E-state index is 6.79. The van der Waals surface area contributed by atoms with E-state index < -0.39 is 0 Å². The molecule has 4 unspecified atom stereocenters. The van der Waals surface area contributed by atoms with Gasteiger partial charge in [0, 0.05) is 5.38 Å². The maximum atomic E-state index is 6.79. The molecule has 0 radical (unpaired) electrons. The number of benzene rings is 2. The zero-order chi connectivity index (χ0) is 14.4. The fraction of sp³-hybridized carbons (Fsp3) is 0.400. The standard InChI is InChI=1S/C20H21Cl/c1-13-6-8-14(9-7-13)12-18(21)20-17-11-10-15-4-2-3-5-16(15)19(17)20/h2-9,17-20H,10-12H2,1H3. The summed E-state index contributed by atoms with van der Waals surface area (Å²) in [6.07, 6.45) is 3.56. The fourth-order valence-corrected chi connectivity index (χ4v) is 4.72. The lowest BCUT2D eigenvalue weighted by molar-refractivity contribution is 0.610. The third-order valence-corrected chi connectivity index (χ3v) is 5.80. The summed E-state index contributed by atoms with van der Waals surface area (Å²) < 4.78 is 0. The minimum Gasteiger partial charge on any atom is -0.122 e. The van der Waals surface area contributed by atoms with Gasteiger partial charge in [0.25, 0.3) is 0 Å². The van der Waals surface area contributed by atoms with Gasteiger partial charge >= 0.3 is 0 Å². The van der Waals surface area contributed by atoms with Crippen LogP contribution in [0.3, 0.4) is 0 Å². The summed E-state index contributed by atoms with van der Waals surface area (Å²) in [7, 11) is 0. The molecule has 2 aliphatic carbocycles. The number of rotatable bonds is 3. The fourth-order valence-electron chi connectivity index (χ4n) is 4.20. The Kier molecular flexibility index (Phi) is 3.30. The molecule has 0 N–H and O–H groups in total. The zero-order valence-corrected chi connectivity index (χ0v) is 13.2. The molecule has 0 heterocycles. The average Bonchev–Trinajstić information content (AvgIpc) is 3.25. The molecule has 4 rings (SSSR count). The van der Waals surface area contributed by atoms with Gasteiger partial charge in [-0.1, -0.05) is 54.1 Å². The lowest BCUT2D eigenvalue weighted by Gasteiger charge is -2.13. The number of hydrogen-bond donors (Lipinski definition) is 0. The molecule has 0 saturated heterocycles. The van der Waals surface area contributed by atoms with Crippen molar-refractivity contribution in [3.63, 3.8) is 0 Å². The van der Waals surface area contributed by atoms with Gasteiger partial charge in [-0.25, -0.2) is 0 Å². The van der Waals surface area contributed by atoms with Gasteiger partial charge in [0.2, 0.25) is 0 Å². The molecular formula is C20H21Cl. The minimum atomic E-state index is 0.272. The van der Waals surface area contributed by atoms with Gasteiger partial charge < -0.3 is 0 Å². The number of fused-ring (bicyclic) bond motifs is 3. The molecule has 1 fully saturated rings. The van der Waals surface area contributed by atoms with Crippen LogP contribution >= 0.6 is 11.6 Å². The molecule has 2 aliphatic rings. The molecule has 108 valence electrons. The Morgan fingerprint density at radius 2 is 1.86 bits per heavy atom. The highest BCUT2D eigenvalue weighted by atomic mass is 35.5. The van der Waals surface area contributed by atoms with E-state index in [1.165, 1.54) is 24.0 Å². The van der Waals surface area contributed by atoms with Crippen molar-refractivity contribution in [2.75, 3.05) is 0 Å². The highest BCUT2D eigenvalue weighted by molar-refractivity contribution is 6.21. The van der Waals surface area contributed by atoms with Gasteiger partial charge in [-0.15, -0.1) is 11.6 Å². The Morgan fingerprint density at radius 1 is 1.10 bits per heavy atom. The second kappa shape index (κ2) is 5.18. The van der Waals surface area contributed by atoms with E-state index in [-0.39, 0.29) is 5.38 Å². The smallest absolute Gasteiger partial charge is 0.0413 e. The lowest BCUT2D eigenvalue weighted by Crippen LogP contribution is -2.08. The molecule has 2 aromatic carbocycles. The highest BCUT2D eigenvalue weighted by Crippen LogP contribution is 2.62. The van der Waals surface area contributed by atoms with Crippen LogP contribution in [0.1, 0.15) is 34.6 Å². The summed E-state index contributed by atoms with van der Waals surface area (Å²) in [5, 5.41) is 0.272. The first-order valence-corrected chi connectivity index (χ1v) is 8.45. The summed E-state index contributed by atoms with van der Waals surface area (Å²) in [6.45, 7) is 2.13. The number of alkyl halides is 1. The molecule has 4 atom stereocenters. The van der Waals surface area contributed by atoms with Gasteiger partial charge in [-0.3, -0.25) is 0 Å². The number of hydrogen-bond acceptors (Lipinski definition) is 0. The second-order valence-corrected chi connectivity index (χ2v) is 7.27. The van der Waals surface area contributed by atoms with Crippen molar-refractivity contribution in [1.29, 1.82) is 0 Å².